The molecule has 0 atom stereocenters. The van der Waals surface area contributed by atoms with E-state index in [4.69, 9.17) is 0 Å². The molecule has 1 aromatic carbocycles. The van der Waals surface area contributed by atoms with E-state index in [0.717, 1.165) is 17.5 Å². The van der Waals surface area contributed by atoms with E-state index >= 15 is 0 Å². The Morgan fingerprint density at radius 3 is 2.67 bits per heavy atom. The first-order valence-electron chi connectivity index (χ1n) is 6.34. The molecule has 3 rings (SSSR count). The molecule has 0 spiro atoms. The first-order chi connectivity index (χ1) is 8.76. The van der Waals surface area contributed by atoms with Gasteiger partial charge in [0.25, 0.3) is 0 Å². The zero-order valence-electron chi connectivity index (χ0n) is 10.5. The van der Waals surface area contributed by atoms with Crippen LogP contribution in [-0.2, 0) is 6.42 Å². The van der Waals surface area contributed by atoms with Gasteiger partial charge in [0, 0.05) is 18.1 Å². The summed E-state index contributed by atoms with van der Waals surface area (Å²) in [7, 11) is 0. The van der Waals surface area contributed by atoms with Crippen molar-refractivity contribution < 1.29 is 0 Å². The molecule has 94 valence electrons. The zero-order valence-corrected chi connectivity index (χ0v) is 11.3. The molecule has 0 amide bonds. The molecule has 1 aliphatic rings. The van der Waals surface area contributed by atoms with Crippen LogP contribution in [-0.4, -0.2) is 15.9 Å². The van der Waals surface area contributed by atoms with Crippen molar-refractivity contribution in [1.82, 2.24) is 9.36 Å². The van der Waals surface area contributed by atoms with Gasteiger partial charge in [0.05, 0.1) is 0 Å². The molecule has 0 radical (unpaired) electrons. The lowest BCUT2D eigenvalue weighted by Crippen LogP contribution is -2.17. The van der Waals surface area contributed by atoms with Crippen LogP contribution in [0.4, 0.5) is 5.13 Å². The Morgan fingerprint density at radius 1 is 1.28 bits per heavy atom. The summed E-state index contributed by atoms with van der Waals surface area (Å²) < 4.78 is 4.19. The standard InChI is InChI=1S/C14H17N3S/c1-11-16-13(18-17-11)15-10-14(7-8-14)9-12-5-3-2-4-6-12/h2-6H,7-10H2,1H3,(H,15,16,17). The Labute approximate surface area is 111 Å². The summed E-state index contributed by atoms with van der Waals surface area (Å²) in [6.45, 7) is 2.94. The van der Waals surface area contributed by atoms with Crippen molar-refractivity contribution in [3.63, 3.8) is 0 Å². The molecular weight excluding hydrogens is 242 g/mol. The van der Waals surface area contributed by atoms with E-state index in [9.17, 15) is 0 Å². The van der Waals surface area contributed by atoms with Crippen LogP contribution >= 0.6 is 11.5 Å². The van der Waals surface area contributed by atoms with E-state index in [1.54, 1.807) is 0 Å². The summed E-state index contributed by atoms with van der Waals surface area (Å²) >= 11 is 1.45. The van der Waals surface area contributed by atoms with E-state index in [2.05, 4.69) is 45.0 Å². The van der Waals surface area contributed by atoms with E-state index in [1.165, 1.54) is 36.4 Å². The number of anilines is 1. The second kappa shape index (κ2) is 4.69. The first-order valence-corrected chi connectivity index (χ1v) is 7.11. The molecular formula is C14H17N3S. The summed E-state index contributed by atoms with van der Waals surface area (Å²) in [4.78, 5) is 4.34. The summed E-state index contributed by atoms with van der Waals surface area (Å²) in [6.07, 6.45) is 3.79. The number of nitrogens with one attached hydrogen (secondary N) is 1. The Balaban J connectivity index is 1.59. The quantitative estimate of drug-likeness (QED) is 0.895. The molecule has 1 N–H and O–H groups in total. The van der Waals surface area contributed by atoms with E-state index < -0.39 is 0 Å². The summed E-state index contributed by atoms with van der Waals surface area (Å²) in [5.41, 5.74) is 1.88. The fraction of sp³-hybridized carbons (Fsp3) is 0.429. The smallest absolute Gasteiger partial charge is 0.202 e. The van der Waals surface area contributed by atoms with Gasteiger partial charge >= 0.3 is 0 Å². The third kappa shape index (κ3) is 2.70. The van der Waals surface area contributed by atoms with Crippen molar-refractivity contribution in [3.05, 3.63) is 41.7 Å². The van der Waals surface area contributed by atoms with Crippen molar-refractivity contribution in [1.29, 1.82) is 0 Å². The minimum Gasteiger partial charge on any atom is -0.360 e. The molecule has 18 heavy (non-hydrogen) atoms. The van der Waals surface area contributed by atoms with E-state index in [0.29, 0.717) is 5.41 Å². The fourth-order valence-corrected chi connectivity index (χ4v) is 2.82. The lowest BCUT2D eigenvalue weighted by Gasteiger charge is -2.15. The number of rotatable bonds is 5. The molecule has 1 aliphatic carbocycles. The molecule has 1 aromatic heterocycles. The average Bonchev–Trinajstić information content (AvgIpc) is 3.02. The number of aryl methyl sites for hydroxylation is 1. The van der Waals surface area contributed by atoms with E-state index in [1.807, 2.05) is 6.92 Å². The monoisotopic (exact) mass is 259 g/mol. The predicted molar refractivity (Wildman–Crippen MR) is 74.9 cm³/mol. The van der Waals surface area contributed by atoms with Crippen LogP contribution in [0.1, 0.15) is 24.2 Å². The van der Waals surface area contributed by atoms with Crippen molar-refractivity contribution in [2.24, 2.45) is 5.41 Å². The summed E-state index contributed by atoms with van der Waals surface area (Å²) in [6, 6.07) is 10.7. The largest absolute Gasteiger partial charge is 0.360 e. The summed E-state index contributed by atoms with van der Waals surface area (Å²) in [5.74, 6) is 0.857. The van der Waals surface area contributed by atoms with Gasteiger partial charge in [-0.1, -0.05) is 30.3 Å². The van der Waals surface area contributed by atoms with Crippen LogP contribution < -0.4 is 5.32 Å². The zero-order chi connectivity index (χ0) is 12.4. The number of aromatic nitrogens is 2. The van der Waals surface area contributed by atoms with Gasteiger partial charge in [-0.2, -0.15) is 4.37 Å². The third-order valence-corrected chi connectivity index (χ3v) is 4.29. The highest BCUT2D eigenvalue weighted by atomic mass is 32.1. The lowest BCUT2D eigenvalue weighted by molar-refractivity contribution is 0.538. The van der Waals surface area contributed by atoms with Gasteiger partial charge in [-0.3, -0.25) is 0 Å². The predicted octanol–water partition coefficient (Wildman–Crippen LogP) is 3.28. The van der Waals surface area contributed by atoms with Crippen LogP contribution in [0.15, 0.2) is 30.3 Å². The highest BCUT2D eigenvalue weighted by Crippen LogP contribution is 2.48. The van der Waals surface area contributed by atoms with Crippen molar-refractivity contribution >= 4 is 16.7 Å². The van der Waals surface area contributed by atoms with Gasteiger partial charge in [0.2, 0.25) is 5.13 Å². The first kappa shape index (κ1) is 11.7. The Morgan fingerprint density at radius 2 is 2.06 bits per heavy atom. The highest BCUT2D eigenvalue weighted by Gasteiger charge is 2.42. The minimum absolute atomic E-state index is 0.445. The van der Waals surface area contributed by atoms with Crippen LogP contribution in [0, 0.1) is 12.3 Å². The van der Waals surface area contributed by atoms with Crippen LogP contribution in [0.3, 0.4) is 0 Å². The molecule has 0 saturated heterocycles. The Hall–Kier alpha value is -1.42. The molecule has 1 fully saturated rings. The fourth-order valence-electron chi connectivity index (χ4n) is 2.25. The second-order valence-corrected chi connectivity index (χ2v) is 5.91. The van der Waals surface area contributed by atoms with E-state index in [-0.39, 0.29) is 0 Å². The summed E-state index contributed by atoms with van der Waals surface area (Å²) in [5, 5.41) is 4.38. The molecule has 2 aromatic rings. The number of hydrogen-bond acceptors (Lipinski definition) is 4. The van der Waals surface area contributed by atoms with Gasteiger partial charge in [-0.25, -0.2) is 4.98 Å². The van der Waals surface area contributed by atoms with Gasteiger partial charge in [-0.15, -0.1) is 0 Å². The molecule has 0 aliphatic heterocycles. The molecule has 4 heteroatoms. The third-order valence-electron chi connectivity index (χ3n) is 3.52. The number of nitrogens with zero attached hydrogens (tertiary/aromatic N) is 2. The number of hydrogen-bond donors (Lipinski definition) is 1. The molecule has 0 unspecified atom stereocenters. The van der Waals surface area contributed by atoms with Crippen molar-refractivity contribution in [2.75, 3.05) is 11.9 Å². The van der Waals surface area contributed by atoms with Crippen molar-refractivity contribution in [3.8, 4) is 0 Å². The molecule has 1 saturated carbocycles. The van der Waals surface area contributed by atoms with Crippen molar-refractivity contribution in [2.45, 2.75) is 26.2 Å². The van der Waals surface area contributed by atoms with Gasteiger partial charge in [0.15, 0.2) is 0 Å². The van der Waals surface area contributed by atoms with Crippen LogP contribution in [0.2, 0.25) is 0 Å². The highest BCUT2D eigenvalue weighted by molar-refractivity contribution is 7.09. The average molecular weight is 259 g/mol. The Kier molecular flexibility index (Phi) is 3.04. The topological polar surface area (TPSA) is 37.8 Å². The number of benzene rings is 1. The molecule has 1 heterocycles. The maximum atomic E-state index is 4.34. The van der Waals surface area contributed by atoms with Gasteiger partial charge < -0.3 is 5.32 Å². The SMILES string of the molecule is Cc1nsc(NCC2(Cc3ccccc3)CC2)n1. The van der Waals surface area contributed by atoms with Crippen LogP contribution in [0.5, 0.6) is 0 Å². The maximum absolute atomic E-state index is 4.34. The minimum atomic E-state index is 0.445. The molecule has 3 nitrogen and oxygen atoms in total. The Bertz CT molecular complexity index is 517. The lowest BCUT2D eigenvalue weighted by atomic mass is 9.96. The maximum Gasteiger partial charge on any atom is 0.202 e. The molecule has 0 bridgehead atoms. The second-order valence-electron chi connectivity index (χ2n) is 5.16. The normalized spacial score (nSPS) is 16.5. The van der Waals surface area contributed by atoms with Crippen LogP contribution in [0.25, 0.3) is 0 Å². The van der Waals surface area contributed by atoms with Gasteiger partial charge in [-0.05, 0) is 37.2 Å². The van der Waals surface area contributed by atoms with Gasteiger partial charge in [0.1, 0.15) is 5.82 Å².